The predicted octanol–water partition coefficient (Wildman–Crippen LogP) is 3.04. The highest BCUT2D eigenvalue weighted by atomic mass is 16.6. The van der Waals surface area contributed by atoms with Gasteiger partial charge in [0.15, 0.2) is 11.5 Å². The van der Waals surface area contributed by atoms with E-state index in [0.29, 0.717) is 36.9 Å². The zero-order chi connectivity index (χ0) is 22.9. The molecule has 2 unspecified atom stereocenters. The zero-order valence-corrected chi connectivity index (χ0v) is 18.5. The summed E-state index contributed by atoms with van der Waals surface area (Å²) in [6.45, 7) is 3.21. The fourth-order valence-electron chi connectivity index (χ4n) is 4.19. The number of anilines is 2. The summed E-state index contributed by atoms with van der Waals surface area (Å²) < 4.78 is 11.2. The third-order valence-electron chi connectivity index (χ3n) is 6.32. The second-order valence-electron chi connectivity index (χ2n) is 8.85. The first-order valence-corrected chi connectivity index (χ1v) is 11.4. The summed E-state index contributed by atoms with van der Waals surface area (Å²) >= 11 is 0. The van der Waals surface area contributed by atoms with Crippen molar-refractivity contribution >= 4 is 29.1 Å². The standard InChI is InChI=1S/C25H27N3O5/c1-15(16-4-6-19(7-5-16)27-24(30)17-2-3-17)26-25(31)18-12-23(29)28(14-18)20-8-9-21-22(13-20)33-11-10-32-21/h4-9,13,15,17-18H,2-3,10-12,14H2,1H3,(H,26,31)(H,27,30). The van der Waals surface area contributed by atoms with E-state index in [-0.39, 0.29) is 36.1 Å². The van der Waals surface area contributed by atoms with Crippen molar-refractivity contribution in [1.82, 2.24) is 5.32 Å². The van der Waals surface area contributed by atoms with Crippen molar-refractivity contribution in [3.05, 3.63) is 48.0 Å². The molecule has 2 fully saturated rings. The van der Waals surface area contributed by atoms with Gasteiger partial charge in [-0.1, -0.05) is 12.1 Å². The van der Waals surface area contributed by atoms with Gasteiger partial charge in [-0.15, -0.1) is 0 Å². The second kappa shape index (κ2) is 8.77. The second-order valence-corrected chi connectivity index (χ2v) is 8.85. The summed E-state index contributed by atoms with van der Waals surface area (Å²) in [5.41, 5.74) is 2.39. The summed E-state index contributed by atoms with van der Waals surface area (Å²) in [7, 11) is 0. The summed E-state index contributed by atoms with van der Waals surface area (Å²) in [6, 6.07) is 12.7. The minimum atomic E-state index is -0.426. The van der Waals surface area contributed by atoms with Gasteiger partial charge >= 0.3 is 0 Å². The van der Waals surface area contributed by atoms with Crippen LogP contribution in [0.15, 0.2) is 42.5 Å². The van der Waals surface area contributed by atoms with E-state index < -0.39 is 5.92 Å². The van der Waals surface area contributed by atoms with Crippen LogP contribution in [-0.2, 0) is 14.4 Å². The van der Waals surface area contributed by atoms with Crippen molar-refractivity contribution in [2.75, 3.05) is 30.0 Å². The highest BCUT2D eigenvalue weighted by molar-refractivity contribution is 6.00. The molecule has 1 aliphatic carbocycles. The lowest BCUT2D eigenvalue weighted by atomic mass is 10.0. The molecule has 2 aromatic rings. The Morgan fingerprint density at radius 1 is 0.970 bits per heavy atom. The number of hydrogen-bond donors (Lipinski definition) is 2. The lowest BCUT2D eigenvalue weighted by molar-refractivity contribution is -0.126. The first kappa shape index (κ1) is 21.3. The molecule has 3 aliphatic rings. The van der Waals surface area contributed by atoms with Gasteiger partial charge in [0.2, 0.25) is 17.7 Å². The lowest BCUT2D eigenvalue weighted by Gasteiger charge is -2.22. The number of nitrogens with one attached hydrogen (secondary N) is 2. The molecule has 0 radical (unpaired) electrons. The lowest BCUT2D eigenvalue weighted by Crippen LogP contribution is -2.34. The molecule has 2 aromatic carbocycles. The SMILES string of the molecule is CC(NC(=O)C1CC(=O)N(c2ccc3c(c2)OCCO3)C1)c1ccc(NC(=O)C2CC2)cc1. The molecular formula is C25H27N3O5. The normalized spacial score (nSPS) is 20.3. The fraction of sp³-hybridized carbons (Fsp3) is 0.400. The molecule has 5 rings (SSSR count). The Morgan fingerprint density at radius 2 is 1.70 bits per heavy atom. The molecule has 3 amide bonds. The zero-order valence-electron chi connectivity index (χ0n) is 18.5. The van der Waals surface area contributed by atoms with Gasteiger partial charge in [0.1, 0.15) is 13.2 Å². The average Bonchev–Trinajstić information content (AvgIpc) is 3.61. The smallest absolute Gasteiger partial charge is 0.227 e. The molecule has 0 aromatic heterocycles. The summed E-state index contributed by atoms with van der Waals surface area (Å²) in [5.74, 6) is 0.835. The molecule has 2 aliphatic heterocycles. The van der Waals surface area contributed by atoms with Crippen LogP contribution in [0, 0.1) is 11.8 Å². The van der Waals surface area contributed by atoms with Gasteiger partial charge in [0, 0.05) is 36.3 Å². The maximum atomic E-state index is 12.9. The maximum Gasteiger partial charge on any atom is 0.227 e. The van der Waals surface area contributed by atoms with Gasteiger partial charge in [-0.3, -0.25) is 14.4 Å². The third kappa shape index (κ3) is 4.65. The molecule has 172 valence electrons. The number of carbonyl (C=O) groups is 3. The number of carbonyl (C=O) groups excluding carboxylic acids is 3. The maximum absolute atomic E-state index is 12.9. The summed E-state index contributed by atoms with van der Waals surface area (Å²) in [6.07, 6.45) is 2.09. The topological polar surface area (TPSA) is 97.0 Å². The average molecular weight is 450 g/mol. The summed E-state index contributed by atoms with van der Waals surface area (Å²) in [4.78, 5) is 39.0. The largest absolute Gasteiger partial charge is 0.486 e. The Balaban J connectivity index is 1.18. The van der Waals surface area contributed by atoms with Crippen LogP contribution in [0.25, 0.3) is 0 Å². The van der Waals surface area contributed by atoms with Gasteiger partial charge < -0.3 is 25.0 Å². The van der Waals surface area contributed by atoms with Crippen molar-refractivity contribution in [3.8, 4) is 11.5 Å². The number of fused-ring (bicyclic) bond motifs is 1. The molecule has 1 saturated heterocycles. The highest BCUT2D eigenvalue weighted by Crippen LogP contribution is 2.36. The van der Waals surface area contributed by atoms with Gasteiger partial charge in [0.05, 0.1) is 12.0 Å². The molecule has 0 bridgehead atoms. The number of hydrogen-bond acceptors (Lipinski definition) is 5. The van der Waals surface area contributed by atoms with E-state index in [4.69, 9.17) is 9.47 Å². The Labute approximate surface area is 192 Å². The van der Waals surface area contributed by atoms with Crippen LogP contribution in [0.2, 0.25) is 0 Å². The Hall–Kier alpha value is -3.55. The number of ether oxygens (including phenoxy) is 2. The van der Waals surface area contributed by atoms with E-state index in [1.54, 1.807) is 17.0 Å². The number of amides is 3. The van der Waals surface area contributed by atoms with Gasteiger partial charge in [-0.25, -0.2) is 0 Å². The number of rotatable bonds is 6. The minimum Gasteiger partial charge on any atom is -0.486 e. The number of nitrogens with zero attached hydrogens (tertiary/aromatic N) is 1. The Bertz CT molecular complexity index is 1080. The molecule has 2 N–H and O–H groups in total. The molecule has 1 saturated carbocycles. The van der Waals surface area contributed by atoms with Crippen LogP contribution in [-0.4, -0.2) is 37.5 Å². The van der Waals surface area contributed by atoms with Crippen molar-refractivity contribution in [1.29, 1.82) is 0 Å². The highest BCUT2D eigenvalue weighted by Gasteiger charge is 2.36. The van der Waals surface area contributed by atoms with Crippen LogP contribution >= 0.6 is 0 Å². The van der Waals surface area contributed by atoms with Crippen molar-refractivity contribution in [3.63, 3.8) is 0 Å². The van der Waals surface area contributed by atoms with E-state index >= 15 is 0 Å². The molecular weight excluding hydrogens is 422 g/mol. The van der Waals surface area contributed by atoms with Crippen LogP contribution in [0.5, 0.6) is 11.5 Å². The third-order valence-corrected chi connectivity index (χ3v) is 6.32. The fourth-order valence-corrected chi connectivity index (χ4v) is 4.19. The predicted molar refractivity (Wildman–Crippen MR) is 122 cm³/mol. The first-order chi connectivity index (χ1) is 16.0. The van der Waals surface area contributed by atoms with Gasteiger partial charge in [0.25, 0.3) is 0 Å². The molecule has 8 nitrogen and oxygen atoms in total. The first-order valence-electron chi connectivity index (χ1n) is 11.4. The van der Waals surface area contributed by atoms with E-state index in [9.17, 15) is 14.4 Å². The number of benzene rings is 2. The molecule has 0 spiro atoms. The summed E-state index contributed by atoms with van der Waals surface area (Å²) in [5, 5.41) is 5.93. The molecule has 2 atom stereocenters. The van der Waals surface area contributed by atoms with E-state index in [0.717, 1.165) is 24.1 Å². The van der Waals surface area contributed by atoms with Gasteiger partial charge in [-0.05, 0) is 49.6 Å². The van der Waals surface area contributed by atoms with Crippen molar-refractivity contribution in [2.24, 2.45) is 11.8 Å². The Morgan fingerprint density at radius 3 is 2.42 bits per heavy atom. The van der Waals surface area contributed by atoms with Crippen LogP contribution in [0.1, 0.15) is 37.8 Å². The van der Waals surface area contributed by atoms with Crippen molar-refractivity contribution in [2.45, 2.75) is 32.2 Å². The Kier molecular flexibility index (Phi) is 5.66. The molecule has 33 heavy (non-hydrogen) atoms. The van der Waals surface area contributed by atoms with Crippen LogP contribution in [0.3, 0.4) is 0 Å². The monoisotopic (exact) mass is 449 g/mol. The van der Waals surface area contributed by atoms with Crippen molar-refractivity contribution < 1.29 is 23.9 Å². The van der Waals surface area contributed by atoms with E-state index in [1.807, 2.05) is 37.3 Å². The molecule has 8 heteroatoms. The quantitative estimate of drug-likeness (QED) is 0.707. The van der Waals surface area contributed by atoms with E-state index in [1.165, 1.54) is 0 Å². The van der Waals surface area contributed by atoms with Crippen LogP contribution < -0.4 is 25.0 Å². The minimum absolute atomic E-state index is 0.0672. The van der Waals surface area contributed by atoms with Gasteiger partial charge in [-0.2, -0.15) is 0 Å². The van der Waals surface area contributed by atoms with Crippen LogP contribution in [0.4, 0.5) is 11.4 Å². The molecule has 2 heterocycles. The van der Waals surface area contributed by atoms with E-state index in [2.05, 4.69) is 10.6 Å².